The lowest BCUT2D eigenvalue weighted by Gasteiger charge is -2.26. The summed E-state index contributed by atoms with van der Waals surface area (Å²) in [5.41, 5.74) is 1.87. The normalized spacial score (nSPS) is 14.1. The summed E-state index contributed by atoms with van der Waals surface area (Å²) >= 11 is 11.7. The average molecular weight is 386 g/mol. The molecule has 1 heterocycles. The van der Waals surface area contributed by atoms with Crippen LogP contribution >= 0.6 is 23.2 Å². The molecule has 126 valence electrons. The first kappa shape index (κ1) is 16.9. The Morgan fingerprint density at radius 1 is 1.12 bits per heavy atom. The van der Waals surface area contributed by atoms with Crippen LogP contribution in [0.1, 0.15) is 5.56 Å². The molecule has 6 nitrogen and oxygen atoms in total. The van der Waals surface area contributed by atoms with E-state index in [1.165, 1.54) is 23.1 Å². The maximum absolute atomic E-state index is 12.5. The zero-order chi connectivity index (χ0) is 17.5. The van der Waals surface area contributed by atoms with Crippen molar-refractivity contribution >= 4 is 50.6 Å². The van der Waals surface area contributed by atoms with Crippen LogP contribution in [0.25, 0.3) is 0 Å². The summed E-state index contributed by atoms with van der Waals surface area (Å²) in [7, 11) is -2.14. The van der Waals surface area contributed by atoms with E-state index in [1.807, 2.05) is 0 Å². The van der Waals surface area contributed by atoms with Crippen LogP contribution in [0.3, 0.4) is 0 Å². The molecule has 0 saturated heterocycles. The Labute approximate surface area is 149 Å². The van der Waals surface area contributed by atoms with E-state index in [-0.39, 0.29) is 21.0 Å². The van der Waals surface area contributed by atoms with Crippen LogP contribution in [-0.4, -0.2) is 26.4 Å². The average Bonchev–Trinajstić information content (AvgIpc) is 2.51. The summed E-state index contributed by atoms with van der Waals surface area (Å²) in [4.78, 5) is 13.1. The smallest absolute Gasteiger partial charge is 0.321 e. The fraction of sp³-hybridized carbons (Fsp3) is 0.133. The second-order valence-electron chi connectivity index (χ2n) is 5.34. The molecular weight excluding hydrogens is 373 g/mol. The predicted molar refractivity (Wildman–Crippen MR) is 94.2 cm³/mol. The number of urea groups is 1. The van der Waals surface area contributed by atoms with E-state index >= 15 is 0 Å². The SMILES string of the molecule is CN1Cc2cc(NS(=O)(=O)c3ccc(Cl)c(Cl)c3)ccc2NC1=O. The lowest BCUT2D eigenvalue weighted by Crippen LogP contribution is -2.35. The molecule has 3 rings (SSSR count). The van der Waals surface area contributed by atoms with E-state index < -0.39 is 10.0 Å². The molecule has 2 N–H and O–H groups in total. The minimum atomic E-state index is -3.80. The van der Waals surface area contributed by atoms with Gasteiger partial charge in [-0.1, -0.05) is 23.2 Å². The Morgan fingerprint density at radius 2 is 1.88 bits per heavy atom. The summed E-state index contributed by atoms with van der Waals surface area (Å²) in [5.74, 6) is 0. The number of sulfonamides is 1. The predicted octanol–water partition coefficient (Wildman–Crippen LogP) is 3.77. The lowest BCUT2D eigenvalue weighted by molar-refractivity contribution is 0.218. The maximum atomic E-state index is 12.5. The molecule has 2 amide bonds. The first-order chi connectivity index (χ1) is 11.3. The minimum absolute atomic E-state index is 0.0139. The Balaban J connectivity index is 1.89. The van der Waals surface area contributed by atoms with E-state index in [1.54, 1.807) is 25.2 Å². The van der Waals surface area contributed by atoms with E-state index in [0.717, 1.165) is 5.56 Å². The molecule has 0 bridgehead atoms. The highest BCUT2D eigenvalue weighted by Gasteiger charge is 2.21. The number of nitrogens with zero attached hydrogens (tertiary/aromatic N) is 1. The molecule has 1 aliphatic heterocycles. The molecule has 24 heavy (non-hydrogen) atoms. The molecule has 0 spiro atoms. The zero-order valence-corrected chi connectivity index (χ0v) is 14.8. The quantitative estimate of drug-likeness (QED) is 0.843. The number of carbonyl (C=O) groups excluding carboxylic acids is 1. The summed E-state index contributed by atoms with van der Waals surface area (Å²) in [6.07, 6.45) is 0. The number of anilines is 2. The molecule has 9 heteroatoms. The van der Waals surface area contributed by atoms with Gasteiger partial charge >= 0.3 is 6.03 Å². The molecule has 0 unspecified atom stereocenters. The summed E-state index contributed by atoms with van der Waals surface area (Å²) in [6, 6.07) is 8.82. The van der Waals surface area contributed by atoms with Crippen molar-refractivity contribution in [2.75, 3.05) is 17.1 Å². The molecule has 0 aromatic heterocycles. The van der Waals surface area contributed by atoms with E-state index in [2.05, 4.69) is 10.0 Å². The fourth-order valence-electron chi connectivity index (χ4n) is 2.31. The van der Waals surface area contributed by atoms with Crippen LogP contribution in [0.15, 0.2) is 41.3 Å². The largest absolute Gasteiger partial charge is 0.323 e. The molecule has 0 fully saturated rings. The van der Waals surface area contributed by atoms with Gasteiger partial charge in [-0.25, -0.2) is 13.2 Å². The van der Waals surface area contributed by atoms with Crippen molar-refractivity contribution in [3.8, 4) is 0 Å². The summed E-state index contributed by atoms with van der Waals surface area (Å²) in [5, 5.41) is 3.16. The van der Waals surface area contributed by atoms with Crippen molar-refractivity contribution in [1.29, 1.82) is 0 Å². The molecule has 0 atom stereocenters. The van der Waals surface area contributed by atoms with Gasteiger partial charge in [-0.15, -0.1) is 0 Å². The van der Waals surface area contributed by atoms with Crippen molar-refractivity contribution in [3.63, 3.8) is 0 Å². The molecular formula is C15H13Cl2N3O3S. The minimum Gasteiger partial charge on any atom is -0.323 e. The first-order valence-corrected chi connectivity index (χ1v) is 9.13. The van der Waals surface area contributed by atoms with Gasteiger partial charge in [0.1, 0.15) is 0 Å². The standard InChI is InChI=1S/C15H13Cl2N3O3S/c1-20-8-9-6-10(2-5-14(9)18-15(20)21)19-24(22,23)11-3-4-12(16)13(17)7-11/h2-7,19H,8H2,1H3,(H,18,21). The molecule has 2 aromatic carbocycles. The van der Waals surface area contributed by atoms with E-state index in [4.69, 9.17) is 23.2 Å². The number of fused-ring (bicyclic) bond motifs is 1. The van der Waals surface area contributed by atoms with Crippen LogP contribution in [0.4, 0.5) is 16.2 Å². The van der Waals surface area contributed by atoms with Gasteiger partial charge in [-0.3, -0.25) is 4.72 Å². The van der Waals surface area contributed by atoms with Crippen molar-refractivity contribution in [2.24, 2.45) is 0 Å². The molecule has 1 aliphatic rings. The van der Waals surface area contributed by atoms with Crippen LogP contribution in [-0.2, 0) is 16.6 Å². The monoisotopic (exact) mass is 385 g/mol. The molecule has 0 saturated carbocycles. The van der Waals surface area contributed by atoms with Crippen LogP contribution in [0.5, 0.6) is 0 Å². The lowest BCUT2D eigenvalue weighted by atomic mass is 10.1. The number of amides is 2. The van der Waals surface area contributed by atoms with Crippen LogP contribution in [0.2, 0.25) is 10.0 Å². The number of hydrogen-bond acceptors (Lipinski definition) is 3. The highest BCUT2D eigenvalue weighted by molar-refractivity contribution is 7.92. The van der Waals surface area contributed by atoms with Gasteiger partial charge in [0.15, 0.2) is 0 Å². The summed E-state index contributed by atoms with van der Waals surface area (Å²) < 4.78 is 27.4. The molecule has 0 radical (unpaired) electrons. The topological polar surface area (TPSA) is 78.5 Å². The third-order valence-corrected chi connectivity index (χ3v) is 5.67. The third-order valence-electron chi connectivity index (χ3n) is 3.55. The van der Waals surface area contributed by atoms with Crippen LogP contribution in [0, 0.1) is 0 Å². The Bertz CT molecular complexity index is 932. The molecule has 2 aromatic rings. The highest BCUT2D eigenvalue weighted by Crippen LogP contribution is 2.29. The van der Waals surface area contributed by atoms with Crippen molar-refractivity contribution in [3.05, 3.63) is 52.0 Å². The maximum Gasteiger partial charge on any atom is 0.321 e. The number of carbonyl (C=O) groups is 1. The van der Waals surface area contributed by atoms with Crippen molar-refractivity contribution in [1.82, 2.24) is 4.90 Å². The number of benzene rings is 2. The van der Waals surface area contributed by atoms with Crippen LogP contribution < -0.4 is 10.0 Å². The van der Waals surface area contributed by atoms with Gasteiger partial charge in [0.25, 0.3) is 10.0 Å². The second-order valence-corrected chi connectivity index (χ2v) is 7.84. The zero-order valence-electron chi connectivity index (χ0n) is 12.5. The highest BCUT2D eigenvalue weighted by atomic mass is 35.5. The van der Waals surface area contributed by atoms with Crippen molar-refractivity contribution < 1.29 is 13.2 Å². The van der Waals surface area contributed by atoms with Gasteiger partial charge in [-0.05, 0) is 42.0 Å². The van der Waals surface area contributed by atoms with Gasteiger partial charge in [0, 0.05) is 25.0 Å². The Kier molecular flexibility index (Phi) is 4.33. The van der Waals surface area contributed by atoms with Gasteiger partial charge in [0.2, 0.25) is 0 Å². The second kappa shape index (κ2) is 6.16. The number of nitrogens with one attached hydrogen (secondary N) is 2. The van der Waals surface area contributed by atoms with Gasteiger partial charge < -0.3 is 10.2 Å². The third kappa shape index (κ3) is 3.28. The van der Waals surface area contributed by atoms with E-state index in [0.29, 0.717) is 17.9 Å². The fourth-order valence-corrected chi connectivity index (χ4v) is 3.74. The number of rotatable bonds is 3. The number of halogens is 2. The molecule has 0 aliphatic carbocycles. The van der Waals surface area contributed by atoms with Gasteiger partial charge in [-0.2, -0.15) is 0 Å². The summed E-state index contributed by atoms with van der Waals surface area (Å²) in [6.45, 7) is 0.392. The Morgan fingerprint density at radius 3 is 2.58 bits per heavy atom. The Hall–Kier alpha value is -1.96. The number of hydrogen-bond donors (Lipinski definition) is 2. The first-order valence-electron chi connectivity index (χ1n) is 6.89. The van der Waals surface area contributed by atoms with Crippen molar-refractivity contribution in [2.45, 2.75) is 11.4 Å². The van der Waals surface area contributed by atoms with Gasteiger partial charge in [0.05, 0.1) is 14.9 Å². The van der Waals surface area contributed by atoms with E-state index in [9.17, 15) is 13.2 Å².